The topological polar surface area (TPSA) is 56.8 Å². The van der Waals surface area contributed by atoms with Crippen LogP contribution >= 0.6 is 11.6 Å². The van der Waals surface area contributed by atoms with Gasteiger partial charge in [-0.25, -0.2) is 9.38 Å². The minimum atomic E-state index is -0.385. The molecule has 0 spiro atoms. The molecule has 1 heterocycles. The van der Waals surface area contributed by atoms with Gasteiger partial charge in [0.1, 0.15) is 18.2 Å². The summed E-state index contributed by atoms with van der Waals surface area (Å²) in [6, 6.07) is 4.26. The first-order valence-corrected chi connectivity index (χ1v) is 5.57. The molecule has 0 aliphatic carbocycles. The van der Waals surface area contributed by atoms with Crippen molar-refractivity contribution in [3.63, 3.8) is 0 Å². The molecule has 0 saturated carbocycles. The van der Waals surface area contributed by atoms with Gasteiger partial charge >= 0.3 is 0 Å². The van der Waals surface area contributed by atoms with Crippen molar-refractivity contribution in [1.29, 1.82) is 0 Å². The van der Waals surface area contributed by atoms with Crippen LogP contribution in [0.4, 0.5) is 4.39 Å². The number of nitrogens with zero attached hydrogens (tertiary/aromatic N) is 1. The number of ether oxygens (including phenoxy) is 2. The fraction of sp³-hybridized carbons (Fsp3) is 0.364. The van der Waals surface area contributed by atoms with Gasteiger partial charge in [-0.05, 0) is 18.2 Å². The maximum atomic E-state index is 12.8. The van der Waals surface area contributed by atoms with Gasteiger partial charge in [0.25, 0.3) is 6.02 Å². The maximum Gasteiger partial charge on any atom is 0.282 e. The molecule has 0 fully saturated rings. The van der Waals surface area contributed by atoms with E-state index in [9.17, 15) is 4.39 Å². The zero-order valence-electron chi connectivity index (χ0n) is 9.03. The highest BCUT2D eigenvalue weighted by atomic mass is 35.5. The van der Waals surface area contributed by atoms with E-state index in [1.807, 2.05) is 0 Å². The molecule has 0 saturated heterocycles. The van der Waals surface area contributed by atoms with Crippen LogP contribution in [0, 0.1) is 5.82 Å². The van der Waals surface area contributed by atoms with E-state index < -0.39 is 0 Å². The van der Waals surface area contributed by atoms with Crippen LogP contribution in [-0.4, -0.2) is 25.3 Å². The largest absolute Gasteiger partial charge is 0.492 e. The summed E-state index contributed by atoms with van der Waals surface area (Å²) in [6.45, 7) is 0.905. The molecule has 1 aliphatic heterocycles. The van der Waals surface area contributed by atoms with E-state index in [-0.39, 0.29) is 22.9 Å². The molecule has 6 heteroatoms. The van der Waals surface area contributed by atoms with Gasteiger partial charge in [-0.3, -0.25) is 0 Å². The van der Waals surface area contributed by atoms with E-state index in [0.29, 0.717) is 25.4 Å². The summed E-state index contributed by atoms with van der Waals surface area (Å²) >= 11 is 5.81. The fourth-order valence-corrected chi connectivity index (χ4v) is 1.70. The van der Waals surface area contributed by atoms with Crippen molar-refractivity contribution in [1.82, 2.24) is 0 Å². The molecular weight excluding hydrogens is 247 g/mol. The van der Waals surface area contributed by atoms with E-state index >= 15 is 0 Å². The van der Waals surface area contributed by atoms with Gasteiger partial charge in [-0.1, -0.05) is 11.6 Å². The van der Waals surface area contributed by atoms with Gasteiger partial charge in [0.05, 0.1) is 17.7 Å². The van der Waals surface area contributed by atoms with Crippen LogP contribution in [0.25, 0.3) is 0 Å². The van der Waals surface area contributed by atoms with Crippen molar-refractivity contribution in [2.45, 2.75) is 12.5 Å². The minimum absolute atomic E-state index is 0.0224. The van der Waals surface area contributed by atoms with Crippen molar-refractivity contribution in [3.05, 3.63) is 29.0 Å². The number of benzene rings is 1. The third-order valence-electron chi connectivity index (χ3n) is 2.34. The van der Waals surface area contributed by atoms with Crippen LogP contribution in [0.15, 0.2) is 23.2 Å². The second kappa shape index (κ2) is 5.23. The average molecular weight is 259 g/mol. The number of rotatable bonds is 4. The molecule has 0 aromatic heterocycles. The normalized spacial score (nSPS) is 18.7. The first-order chi connectivity index (χ1) is 8.15. The van der Waals surface area contributed by atoms with Crippen molar-refractivity contribution < 1.29 is 13.9 Å². The summed E-state index contributed by atoms with van der Waals surface area (Å²) in [5.41, 5.74) is 5.37. The number of aliphatic imine (C=N–C) groups is 1. The van der Waals surface area contributed by atoms with Crippen LogP contribution in [0.3, 0.4) is 0 Å². The zero-order chi connectivity index (χ0) is 12.3. The molecule has 1 aromatic rings. The summed E-state index contributed by atoms with van der Waals surface area (Å²) in [4.78, 5) is 4.06. The lowest BCUT2D eigenvalue weighted by Gasteiger charge is -2.09. The molecule has 17 heavy (non-hydrogen) atoms. The molecule has 4 nitrogen and oxygen atoms in total. The van der Waals surface area contributed by atoms with E-state index in [0.717, 1.165) is 0 Å². The van der Waals surface area contributed by atoms with Gasteiger partial charge < -0.3 is 15.2 Å². The van der Waals surface area contributed by atoms with Crippen molar-refractivity contribution >= 4 is 17.6 Å². The van der Waals surface area contributed by atoms with E-state index in [2.05, 4.69) is 4.99 Å². The molecule has 1 atom stereocenters. The summed E-state index contributed by atoms with van der Waals surface area (Å²) in [5.74, 6) is 0.0767. The fourth-order valence-electron chi connectivity index (χ4n) is 1.48. The van der Waals surface area contributed by atoms with E-state index in [1.54, 1.807) is 0 Å². The zero-order valence-corrected chi connectivity index (χ0v) is 9.78. The van der Waals surface area contributed by atoms with Crippen LogP contribution in [0.5, 0.6) is 5.75 Å². The summed E-state index contributed by atoms with van der Waals surface area (Å²) in [7, 11) is 0. The Balaban J connectivity index is 1.82. The third kappa shape index (κ3) is 3.23. The van der Waals surface area contributed by atoms with Crippen LogP contribution in [-0.2, 0) is 4.74 Å². The SMILES string of the molecule is NC1=N[C@@H](CCOc2ccc(F)cc2Cl)CO1. The Labute approximate surface area is 103 Å². The highest BCUT2D eigenvalue weighted by Gasteiger charge is 2.16. The monoisotopic (exact) mass is 258 g/mol. The Morgan fingerprint density at radius 3 is 3.06 bits per heavy atom. The molecule has 0 bridgehead atoms. The number of nitrogens with two attached hydrogens (primary N) is 1. The van der Waals surface area contributed by atoms with Gasteiger partial charge in [0, 0.05) is 6.42 Å². The molecule has 92 valence electrons. The van der Waals surface area contributed by atoms with Crippen molar-refractivity contribution in [2.24, 2.45) is 10.7 Å². The maximum absolute atomic E-state index is 12.8. The van der Waals surface area contributed by atoms with Gasteiger partial charge in [-0.15, -0.1) is 0 Å². The van der Waals surface area contributed by atoms with E-state index in [4.69, 9.17) is 26.8 Å². The number of hydrogen-bond acceptors (Lipinski definition) is 4. The lowest BCUT2D eigenvalue weighted by atomic mass is 10.2. The molecule has 0 unspecified atom stereocenters. The molecule has 2 rings (SSSR count). The molecule has 2 N–H and O–H groups in total. The predicted octanol–water partition coefficient (Wildman–Crippen LogP) is 1.96. The Morgan fingerprint density at radius 2 is 2.41 bits per heavy atom. The average Bonchev–Trinajstić information content (AvgIpc) is 2.68. The predicted molar refractivity (Wildman–Crippen MR) is 62.9 cm³/mol. The minimum Gasteiger partial charge on any atom is -0.492 e. The molecule has 1 aromatic carbocycles. The second-order valence-electron chi connectivity index (χ2n) is 3.64. The molecule has 0 radical (unpaired) electrons. The Hall–Kier alpha value is -1.49. The first-order valence-electron chi connectivity index (χ1n) is 5.19. The Kier molecular flexibility index (Phi) is 3.68. The van der Waals surface area contributed by atoms with E-state index in [1.165, 1.54) is 18.2 Å². The third-order valence-corrected chi connectivity index (χ3v) is 2.63. The number of halogens is 2. The second-order valence-corrected chi connectivity index (χ2v) is 4.05. The summed E-state index contributed by atoms with van der Waals surface area (Å²) < 4.78 is 23.2. The van der Waals surface area contributed by atoms with Crippen molar-refractivity contribution in [3.8, 4) is 5.75 Å². The van der Waals surface area contributed by atoms with Gasteiger partial charge in [-0.2, -0.15) is 0 Å². The van der Waals surface area contributed by atoms with Crippen LogP contribution in [0.1, 0.15) is 6.42 Å². The lowest BCUT2D eigenvalue weighted by Crippen LogP contribution is -2.12. The van der Waals surface area contributed by atoms with Crippen molar-refractivity contribution in [2.75, 3.05) is 13.2 Å². The molecular formula is C11H12ClFN2O2. The quantitative estimate of drug-likeness (QED) is 0.898. The number of amidine groups is 1. The first kappa shape index (κ1) is 12.0. The summed E-state index contributed by atoms with van der Waals surface area (Å²) in [5, 5.41) is 0.260. The molecule has 0 amide bonds. The number of hydrogen-bond donors (Lipinski definition) is 1. The Morgan fingerprint density at radius 1 is 1.59 bits per heavy atom. The molecule has 1 aliphatic rings. The van der Waals surface area contributed by atoms with Crippen LogP contribution in [0.2, 0.25) is 5.02 Å². The van der Waals surface area contributed by atoms with Crippen LogP contribution < -0.4 is 10.5 Å². The van der Waals surface area contributed by atoms with Gasteiger partial charge in [0.2, 0.25) is 0 Å². The standard InChI is InChI=1S/C11H12ClFN2O2/c12-9-5-7(13)1-2-10(9)16-4-3-8-6-17-11(14)15-8/h1-2,5,8H,3-4,6H2,(H2,14,15)/t8-/m0/s1. The lowest BCUT2D eigenvalue weighted by molar-refractivity contribution is 0.263. The highest BCUT2D eigenvalue weighted by Crippen LogP contribution is 2.25. The van der Waals surface area contributed by atoms with Gasteiger partial charge in [0.15, 0.2) is 0 Å². The summed E-state index contributed by atoms with van der Waals surface area (Å²) in [6.07, 6.45) is 0.675. The smallest absolute Gasteiger partial charge is 0.282 e. The Bertz CT molecular complexity index is 439. The highest BCUT2D eigenvalue weighted by molar-refractivity contribution is 6.32.